The number of halogens is 2. The Kier molecular flexibility index (Phi) is 6.46. The van der Waals surface area contributed by atoms with Gasteiger partial charge in [-0.3, -0.25) is 4.79 Å². The van der Waals surface area contributed by atoms with Crippen molar-refractivity contribution in [2.45, 2.75) is 32.1 Å². The lowest BCUT2D eigenvalue weighted by molar-refractivity contribution is -0.0498. The van der Waals surface area contributed by atoms with Crippen molar-refractivity contribution >= 4 is 17.5 Å². The topological polar surface area (TPSA) is 50.1 Å². The minimum atomic E-state index is -2.89. The summed E-state index contributed by atoms with van der Waals surface area (Å²) < 4.78 is 28.3. The highest BCUT2D eigenvalue weighted by Crippen LogP contribution is 2.24. The van der Waals surface area contributed by atoms with Crippen molar-refractivity contribution in [3.63, 3.8) is 0 Å². The lowest BCUT2D eigenvalue weighted by Crippen LogP contribution is -2.19. The van der Waals surface area contributed by atoms with Crippen molar-refractivity contribution in [1.82, 2.24) is 0 Å². The average Bonchev–Trinajstić information content (AvgIpc) is 2.37. The van der Waals surface area contributed by atoms with Gasteiger partial charge in [0.15, 0.2) is 5.78 Å². The minimum absolute atomic E-state index is 0.00453. The van der Waals surface area contributed by atoms with E-state index in [-0.39, 0.29) is 17.5 Å². The zero-order valence-electron chi connectivity index (χ0n) is 11.2. The van der Waals surface area contributed by atoms with Gasteiger partial charge in [-0.15, -0.1) is 0 Å². The molecule has 0 N–H and O–H groups in total. The van der Waals surface area contributed by atoms with E-state index >= 15 is 0 Å². The first-order valence-electron chi connectivity index (χ1n) is 6.08. The van der Waals surface area contributed by atoms with Gasteiger partial charge in [-0.1, -0.05) is 13.8 Å². The van der Waals surface area contributed by atoms with Crippen molar-refractivity contribution in [1.29, 1.82) is 5.26 Å². The quantitative estimate of drug-likeness (QED) is 0.562. The molecule has 0 saturated heterocycles. The predicted octanol–water partition coefficient (Wildman–Crippen LogP) is 4.10. The zero-order chi connectivity index (χ0) is 15.1. The van der Waals surface area contributed by atoms with Crippen molar-refractivity contribution in [3.8, 4) is 11.2 Å². The number of nitrogens with zero attached hydrogens (tertiary/aromatic N) is 1. The first kappa shape index (κ1) is 16.4. The smallest absolute Gasteiger partial charge is 0.387 e. The molecule has 0 aromatic heterocycles. The molecule has 0 aliphatic rings. The Hall–Kier alpha value is -1.61. The van der Waals surface area contributed by atoms with E-state index in [2.05, 4.69) is 4.74 Å². The maximum Gasteiger partial charge on any atom is 0.387 e. The van der Waals surface area contributed by atoms with Gasteiger partial charge in [-0.2, -0.15) is 14.0 Å². The van der Waals surface area contributed by atoms with Crippen LogP contribution in [0.15, 0.2) is 24.3 Å². The standard InChI is InChI=1S/C14H15F2NO2S/c1-9(2)7-12(20-8-17)13(18)10-3-5-11(6-4-10)19-14(15)16/h3-6,9,12,14H,7H2,1-2H3. The SMILES string of the molecule is CC(C)CC(SC#N)C(=O)c1ccc(OC(F)F)cc1. The Bertz CT molecular complexity index is 483. The number of hydrogen-bond acceptors (Lipinski definition) is 4. The van der Waals surface area contributed by atoms with Crippen molar-refractivity contribution in [3.05, 3.63) is 29.8 Å². The number of carbonyl (C=O) groups excluding carboxylic acids is 1. The van der Waals surface area contributed by atoms with E-state index in [0.717, 1.165) is 11.8 Å². The van der Waals surface area contributed by atoms with Crippen LogP contribution in [-0.4, -0.2) is 17.6 Å². The summed E-state index contributed by atoms with van der Waals surface area (Å²) in [6.07, 6.45) is 0.590. The third-order valence-corrected chi connectivity index (χ3v) is 3.33. The number of thiocyanates is 1. The van der Waals surface area contributed by atoms with Crippen LogP contribution in [0.5, 0.6) is 5.75 Å². The van der Waals surface area contributed by atoms with E-state index < -0.39 is 11.9 Å². The molecular formula is C14H15F2NO2S. The molecule has 0 bridgehead atoms. The molecule has 0 aliphatic carbocycles. The fraction of sp³-hybridized carbons (Fsp3) is 0.429. The van der Waals surface area contributed by atoms with E-state index in [0.29, 0.717) is 12.0 Å². The monoisotopic (exact) mass is 299 g/mol. The van der Waals surface area contributed by atoms with E-state index in [4.69, 9.17) is 5.26 Å². The lowest BCUT2D eigenvalue weighted by Gasteiger charge is -2.14. The van der Waals surface area contributed by atoms with Gasteiger partial charge in [-0.05, 0) is 48.4 Å². The Balaban J connectivity index is 2.81. The predicted molar refractivity (Wildman–Crippen MR) is 73.9 cm³/mol. The number of carbonyl (C=O) groups is 1. The third kappa shape index (κ3) is 5.17. The fourth-order valence-electron chi connectivity index (χ4n) is 1.69. The maximum absolute atomic E-state index is 12.2. The molecule has 0 spiro atoms. The molecule has 3 nitrogen and oxygen atoms in total. The minimum Gasteiger partial charge on any atom is -0.435 e. The van der Waals surface area contributed by atoms with E-state index in [1.165, 1.54) is 24.3 Å². The third-order valence-electron chi connectivity index (χ3n) is 2.54. The van der Waals surface area contributed by atoms with Gasteiger partial charge in [0.1, 0.15) is 11.2 Å². The molecule has 0 amide bonds. The molecule has 0 fully saturated rings. The molecule has 1 aromatic carbocycles. The molecule has 0 heterocycles. The Morgan fingerprint density at radius 3 is 2.40 bits per heavy atom. The van der Waals surface area contributed by atoms with Gasteiger partial charge < -0.3 is 4.74 Å². The summed E-state index contributed by atoms with van der Waals surface area (Å²) in [7, 11) is 0. The number of ether oxygens (including phenoxy) is 1. The molecule has 1 atom stereocenters. The Labute approximate surface area is 120 Å². The molecule has 108 valence electrons. The van der Waals surface area contributed by atoms with Crippen LogP contribution in [0.25, 0.3) is 0 Å². The van der Waals surface area contributed by atoms with Crippen molar-refractivity contribution in [2.24, 2.45) is 5.92 Å². The number of rotatable bonds is 7. The van der Waals surface area contributed by atoms with Gasteiger partial charge in [0.25, 0.3) is 0 Å². The second-order valence-corrected chi connectivity index (χ2v) is 5.58. The second kappa shape index (κ2) is 7.85. The molecule has 6 heteroatoms. The number of benzene rings is 1. The Morgan fingerprint density at radius 1 is 1.35 bits per heavy atom. The van der Waals surface area contributed by atoms with E-state index in [1.807, 2.05) is 19.2 Å². The fourth-order valence-corrected chi connectivity index (χ4v) is 2.54. The summed E-state index contributed by atoms with van der Waals surface area (Å²) in [6.45, 7) is 1.05. The highest BCUT2D eigenvalue weighted by Gasteiger charge is 2.22. The summed E-state index contributed by atoms with van der Waals surface area (Å²) in [5.74, 6) is 0.116. The summed E-state index contributed by atoms with van der Waals surface area (Å²) in [5.41, 5.74) is 0.389. The first-order valence-corrected chi connectivity index (χ1v) is 6.95. The average molecular weight is 299 g/mol. The number of thioether (sulfide) groups is 1. The van der Waals surface area contributed by atoms with Crippen molar-refractivity contribution < 1.29 is 18.3 Å². The van der Waals surface area contributed by atoms with Crippen LogP contribution in [0.2, 0.25) is 0 Å². The molecule has 0 aliphatic heterocycles. The van der Waals surface area contributed by atoms with Crippen LogP contribution >= 0.6 is 11.8 Å². The van der Waals surface area contributed by atoms with Crippen LogP contribution in [0.3, 0.4) is 0 Å². The summed E-state index contributed by atoms with van der Waals surface area (Å²) in [6, 6.07) is 5.52. The molecule has 0 saturated carbocycles. The molecule has 1 unspecified atom stereocenters. The van der Waals surface area contributed by atoms with Crippen LogP contribution in [0.1, 0.15) is 30.6 Å². The van der Waals surface area contributed by atoms with Gasteiger partial charge in [-0.25, -0.2) is 0 Å². The van der Waals surface area contributed by atoms with E-state index in [9.17, 15) is 13.6 Å². The largest absolute Gasteiger partial charge is 0.435 e. The van der Waals surface area contributed by atoms with Crippen LogP contribution in [0, 0.1) is 16.6 Å². The van der Waals surface area contributed by atoms with Crippen LogP contribution < -0.4 is 4.74 Å². The van der Waals surface area contributed by atoms with Gasteiger partial charge in [0, 0.05) is 5.56 Å². The highest BCUT2D eigenvalue weighted by atomic mass is 32.2. The molecular weight excluding hydrogens is 284 g/mol. The second-order valence-electron chi connectivity index (χ2n) is 4.59. The summed E-state index contributed by atoms with van der Waals surface area (Å²) >= 11 is 0.927. The van der Waals surface area contributed by atoms with Gasteiger partial charge in [0.05, 0.1) is 5.25 Å². The summed E-state index contributed by atoms with van der Waals surface area (Å²) in [4.78, 5) is 12.2. The first-order chi connectivity index (χ1) is 9.43. The van der Waals surface area contributed by atoms with Gasteiger partial charge in [0.2, 0.25) is 0 Å². The maximum atomic E-state index is 12.2. The lowest BCUT2D eigenvalue weighted by atomic mass is 10.0. The van der Waals surface area contributed by atoms with E-state index in [1.54, 1.807) is 0 Å². The number of nitriles is 1. The van der Waals surface area contributed by atoms with Crippen LogP contribution in [-0.2, 0) is 0 Å². The number of ketones is 1. The van der Waals surface area contributed by atoms with Crippen LogP contribution in [0.4, 0.5) is 8.78 Å². The molecule has 1 aromatic rings. The molecule has 20 heavy (non-hydrogen) atoms. The number of Topliss-reactive ketones (excluding diaryl/α,β-unsaturated/α-hetero) is 1. The molecule has 1 rings (SSSR count). The summed E-state index contributed by atoms with van der Waals surface area (Å²) in [5, 5.41) is 10.2. The normalized spacial score (nSPS) is 12.2. The number of alkyl halides is 2. The van der Waals surface area contributed by atoms with Gasteiger partial charge >= 0.3 is 6.61 Å². The zero-order valence-corrected chi connectivity index (χ0v) is 12.0. The highest BCUT2D eigenvalue weighted by molar-refractivity contribution is 8.05. The van der Waals surface area contributed by atoms with Crippen molar-refractivity contribution in [2.75, 3.05) is 0 Å². The Morgan fingerprint density at radius 2 is 1.95 bits per heavy atom. The number of hydrogen-bond donors (Lipinski definition) is 0. The molecule has 0 radical (unpaired) electrons.